The van der Waals surface area contributed by atoms with Crippen molar-refractivity contribution >= 4 is 39.7 Å². The zero-order valence-corrected chi connectivity index (χ0v) is 11.1. The van der Waals surface area contributed by atoms with Crippen molar-refractivity contribution in [2.75, 3.05) is 5.32 Å². The highest BCUT2D eigenvalue weighted by Gasteiger charge is 2.08. The molecule has 0 saturated heterocycles. The summed E-state index contributed by atoms with van der Waals surface area (Å²) in [7, 11) is 0. The maximum absolute atomic E-state index is 13.6. The van der Waals surface area contributed by atoms with Gasteiger partial charge >= 0.3 is 0 Å². The lowest BCUT2D eigenvalue weighted by Crippen LogP contribution is -2.05. The third kappa shape index (κ3) is 2.73. The van der Waals surface area contributed by atoms with E-state index in [1.807, 2.05) is 22.6 Å². The number of H-pyrrole nitrogens is 1. The number of nitrogens with zero attached hydrogens (tertiary/aromatic N) is 1. The summed E-state index contributed by atoms with van der Waals surface area (Å²) < 4.78 is 14.4. The highest BCUT2D eigenvalue weighted by Crippen LogP contribution is 2.27. The first-order valence-corrected chi connectivity index (χ1v) is 5.96. The van der Waals surface area contributed by atoms with Gasteiger partial charge < -0.3 is 10.3 Å². The standard InChI is InChI=1S/C11H7FIN3O2/c12-7-3-6(13)1-2-8(7)15-9-4-11(17)14-5-10(9)16-18/h1-5H,(H2,14,15,17). The first kappa shape index (κ1) is 12.7. The number of nitroso groups, excluding NO2 is 1. The third-order valence-corrected chi connectivity index (χ3v) is 2.87. The van der Waals surface area contributed by atoms with Gasteiger partial charge in [-0.25, -0.2) is 4.39 Å². The van der Waals surface area contributed by atoms with Gasteiger partial charge in [-0.15, -0.1) is 4.91 Å². The number of hydrogen-bond acceptors (Lipinski definition) is 4. The summed E-state index contributed by atoms with van der Waals surface area (Å²) >= 11 is 1.98. The highest BCUT2D eigenvalue weighted by atomic mass is 127. The quantitative estimate of drug-likeness (QED) is 0.653. The van der Waals surface area contributed by atoms with E-state index in [0.717, 1.165) is 9.64 Å². The Hall–Kier alpha value is -1.77. The first-order valence-electron chi connectivity index (χ1n) is 4.88. The van der Waals surface area contributed by atoms with Crippen molar-refractivity contribution in [3.8, 4) is 0 Å². The predicted octanol–water partition coefficient (Wildman–Crippen LogP) is 3.26. The molecule has 0 aliphatic carbocycles. The number of benzene rings is 1. The molecule has 2 rings (SSSR count). The van der Waals surface area contributed by atoms with Crippen LogP contribution in [0.5, 0.6) is 0 Å². The van der Waals surface area contributed by atoms with Gasteiger partial charge in [-0.2, -0.15) is 0 Å². The van der Waals surface area contributed by atoms with E-state index < -0.39 is 11.4 Å². The van der Waals surface area contributed by atoms with Crippen LogP contribution >= 0.6 is 22.6 Å². The number of aromatic amines is 1. The van der Waals surface area contributed by atoms with Crippen LogP contribution in [0.25, 0.3) is 0 Å². The Bertz CT molecular complexity index is 657. The van der Waals surface area contributed by atoms with Crippen LogP contribution in [0.2, 0.25) is 0 Å². The summed E-state index contributed by atoms with van der Waals surface area (Å²) in [6.07, 6.45) is 1.17. The lowest BCUT2D eigenvalue weighted by atomic mass is 10.2. The molecule has 7 heteroatoms. The number of rotatable bonds is 3. The molecule has 1 heterocycles. The van der Waals surface area contributed by atoms with Crippen molar-refractivity contribution in [2.45, 2.75) is 0 Å². The van der Waals surface area contributed by atoms with Crippen molar-refractivity contribution in [1.29, 1.82) is 0 Å². The zero-order chi connectivity index (χ0) is 13.1. The molecular weight excluding hydrogens is 352 g/mol. The molecule has 0 amide bonds. The van der Waals surface area contributed by atoms with Gasteiger partial charge in [-0.1, -0.05) is 0 Å². The molecule has 0 spiro atoms. The van der Waals surface area contributed by atoms with Crippen molar-refractivity contribution in [2.24, 2.45) is 5.18 Å². The Kier molecular flexibility index (Phi) is 3.70. The highest BCUT2D eigenvalue weighted by molar-refractivity contribution is 14.1. The molecule has 0 aliphatic heterocycles. The smallest absolute Gasteiger partial charge is 0.250 e. The van der Waals surface area contributed by atoms with Gasteiger partial charge in [0.1, 0.15) is 11.5 Å². The molecule has 0 fully saturated rings. The largest absolute Gasteiger partial charge is 0.351 e. The maximum Gasteiger partial charge on any atom is 0.250 e. The Morgan fingerprint density at radius 1 is 1.28 bits per heavy atom. The minimum absolute atomic E-state index is 0.00699. The minimum atomic E-state index is -0.473. The molecule has 0 atom stereocenters. The summed E-state index contributed by atoms with van der Waals surface area (Å²) in [5.74, 6) is -0.473. The summed E-state index contributed by atoms with van der Waals surface area (Å²) in [5.41, 5.74) is -0.0665. The van der Waals surface area contributed by atoms with E-state index in [4.69, 9.17) is 0 Å². The fourth-order valence-corrected chi connectivity index (χ4v) is 1.83. The van der Waals surface area contributed by atoms with Gasteiger partial charge in [0, 0.05) is 15.8 Å². The van der Waals surface area contributed by atoms with Crippen LogP contribution in [0.3, 0.4) is 0 Å². The Morgan fingerprint density at radius 3 is 2.72 bits per heavy atom. The van der Waals surface area contributed by atoms with E-state index in [2.05, 4.69) is 15.5 Å². The summed E-state index contributed by atoms with van der Waals surface area (Å²) in [5, 5.41) is 5.42. The molecule has 0 bridgehead atoms. The lowest BCUT2D eigenvalue weighted by molar-refractivity contribution is 0.631. The SMILES string of the molecule is O=Nc1c[nH]c(=O)cc1Nc1ccc(I)cc1F. The van der Waals surface area contributed by atoms with Crippen LogP contribution in [-0.4, -0.2) is 4.98 Å². The summed E-state index contributed by atoms with van der Waals surface area (Å²) in [6, 6.07) is 5.71. The predicted molar refractivity (Wildman–Crippen MR) is 74.9 cm³/mol. The van der Waals surface area contributed by atoms with Crippen LogP contribution in [0.1, 0.15) is 0 Å². The molecular formula is C11H7FIN3O2. The van der Waals surface area contributed by atoms with Crippen LogP contribution in [0.15, 0.2) is 40.4 Å². The molecule has 2 aromatic rings. The summed E-state index contributed by atoms with van der Waals surface area (Å²) in [6.45, 7) is 0. The van der Waals surface area contributed by atoms with Crippen molar-refractivity contribution in [1.82, 2.24) is 4.98 Å². The molecule has 0 unspecified atom stereocenters. The minimum Gasteiger partial charge on any atom is -0.351 e. The van der Waals surface area contributed by atoms with Crippen molar-refractivity contribution in [3.63, 3.8) is 0 Å². The van der Waals surface area contributed by atoms with Crippen molar-refractivity contribution < 1.29 is 4.39 Å². The molecule has 0 aliphatic rings. The number of anilines is 2. The molecule has 5 nitrogen and oxygen atoms in total. The lowest BCUT2D eigenvalue weighted by Gasteiger charge is -2.08. The van der Waals surface area contributed by atoms with Crippen molar-refractivity contribution in [3.05, 3.63) is 55.1 Å². The van der Waals surface area contributed by atoms with E-state index in [0.29, 0.717) is 0 Å². The number of hydrogen-bond donors (Lipinski definition) is 2. The van der Waals surface area contributed by atoms with Gasteiger partial charge in [0.25, 0.3) is 0 Å². The molecule has 18 heavy (non-hydrogen) atoms. The van der Waals surface area contributed by atoms with Gasteiger partial charge in [0.05, 0.1) is 11.4 Å². The second-order valence-electron chi connectivity index (χ2n) is 3.44. The van der Waals surface area contributed by atoms with E-state index in [9.17, 15) is 14.1 Å². The van der Waals surface area contributed by atoms with E-state index in [-0.39, 0.29) is 17.1 Å². The number of halogens is 2. The summed E-state index contributed by atoms with van der Waals surface area (Å²) in [4.78, 5) is 24.0. The Balaban J connectivity index is 2.42. The average Bonchev–Trinajstić information content (AvgIpc) is 2.33. The molecule has 92 valence electrons. The van der Waals surface area contributed by atoms with E-state index >= 15 is 0 Å². The fraction of sp³-hybridized carbons (Fsp3) is 0. The Labute approximate surface area is 115 Å². The normalized spacial score (nSPS) is 10.1. The van der Waals surface area contributed by atoms with E-state index in [1.54, 1.807) is 6.07 Å². The van der Waals surface area contributed by atoms with Crippen LogP contribution < -0.4 is 10.9 Å². The average molecular weight is 359 g/mol. The molecule has 0 radical (unpaired) electrons. The van der Waals surface area contributed by atoms with Gasteiger partial charge in [0.15, 0.2) is 0 Å². The molecule has 1 aromatic heterocycles. The maximum atomic E-state index is 13.6. The van der Waals surface area contributed by atoms with Gasteiger partial charge in [-0.05, 0) is 46.0 Å². The van der Waals surface area contributed by atoms with Gasteiger partial charge in [-0.3, -0.25) is 4.79 Å². The number of nitrogens with one attached hydrogen (secondary N) is 2. The second-order valence-corrected chi connectivity index (χ2v) is 4.68. The van der Waals surface area contributed by atoms with Crippen LogP contribution in [-0.2, 0) is 0 Å². The van der Waals surface area contributed by atoms with E-state index in [1.165, 1.54) is 18.3 Å². The van der Waals surface area contributed by atoms with Gasteiger partial charge in [0.2, 0.25) is 5.56 Å². The molecule has 1 aromatic carbocycles. The second kappa shape index (κ2) is 5.25. The fourth-order valence-electron chi connectivity index (χ4n) is 1.38. The monoisotopic (exact) mass is 359 g/mol. The Morgan fingerprint density at radius 2 is 2.06 bits per heavy atom. The third-order valence-electron chi connectivity index (χ3n) is 2.20. The number of pyridine rings is 1. The topological polar surface area (TPSA) is 74.3 Å². The van der Waals surface area contributed by atoms with Crippen LogP contribution in [0.4, 0.5) is 21.5 Å². The zero-order valence-electron chi connectivity index (χ0n) is 8.91. The molecule has 2 N–H and O–H groups in total. The molecule has 0 saturated carbocycles. The van der Waals surface area contributed by atoms with Crippen LogP contribution in [0, 0.1) is 14.3 Å². The number of aromatic nitrogens is 1. The first-order chi connectivity index (χ1) is 8.60.